The molecule has 0 saturated heterocycles. The number of rotatable bonds is 15. The van der Waals surface area contributed by atoms with Crippen molar-refractivity contribution in [2.75, 3.05) is 17.6 Å². The maximum atomic E-state index is 12.5. The molecule has 6 aromatic rings. The molecule has 0 radical (unpaired) electrons. The second kappa shape index (κ2) is 20.0. The molecule has 28 heteroatoms. The third-order valence-corrected chi connectivity index (χ3v) is 11.9. The molecule has 5 N–H and O–H groups in total. The Morgan fingerprint density at radius 1 is 0.562 bits per heavy atom. The molecule has 0 bridgehead atoms. The highest BCUT2D eigenvalue weighted by atomic mass is 32.2. The van der Waals surface area contributed by atoms with Gasteiger partial charge in [-0.15, -0.1) is 12.6 Å². The third-order valence-electron chi connectivity index (χ3n) is 8.44. The highest BCUT2D eigenvalue weighted by Crippen LogP contribution is 2.34. The molecule has 0 saturated carbocycles. The lowest BCUT2D eigenvalue weighted by atomic mass is 10.1. The molecule has 0 aliphatic carbocycles. The Morgan fingerprint density at radius 3 is 1.77 bits per heavy atom. The SMILES string of the molecule is Cc1cc(Cc2nc(Cc3ccc(N=Nc4ccccc4)cc3S(=O)(=O)O)nc(NCCS(=O)(=O)O)n2)ccc1N=Nc1cc(S(=O)(=O)O)c2cccc(S(=O)(=O)O)c2c1.O=S(=O)=O. The lowest BCUT2D eigenvalue weighted by Crippen LogP contribution is -2.18. The van der Waals surface area contributed by atoms with Crippen LogP contribution >= 0.6 is 0 Å². The average molecular weight is 977 g/mol. The van der Waals surface area contributed by atoms with Crippen LogP contribution in [0.15, 0.2) is 132 Å². The first kappa shape index (κ1) is 48.7. The van der Waals surface area contributed by atoms with E-state index in [2.05, 4.69) is 40.7 Å². The summed E-state index contributed by atoms with van der Waals surface area (Å²) in [5, 5.41) is 18.7. The van der Waals surface area contributed by atoms with E-state index in [9.17, 15) is 51.9 Å². The standard InChI is InChI=1S/C36H32N8O12S4.O3S/c1-22-16-23(10-13-30(22)44-43-27-19-29-28(33(21-27)60(54,55)56)8-5-9-31(29)58(48,49)50)17-34-38-35(40-36(39-34)37-14-15-57(45,46)47)18-24-11-12-26(20-32(24)59(51,52)53)42-41-25-6-3-2-4-7-25;1-4(2)3/h2-13,16,19-21H,14-15,17-18H2,1H3,(H,45,46,47)(H,48,49,50)(H,51,52,53)(H,54,55,56)(H,37,38,39,40);. The fraction of sp³-hybridized carbons (Fsp3) is 0.139. The summed E-state index contributed by atoms with van der Waals surface area (Å²) in [5.41, 5.74) is 2.03. The fourth-order valence-corrected chi connectivity index (χ4v) is 8.33. The Labute approximate surface area is 366 Å². The molecule has 0 aliphatic rings. The predicted octanol–water partition coefficient (Wildman–Crippen LogP) is 5.38. The van der Waals surface area contributed by atoms with Crippen molar-refractivity contribution in [2.45, 2.75) is 34.5 Å². The predicted molar refractivity (Wildman–Crippen MR) is 226 cm³/mol. The van der Waals surface area contributed by atoms with Crippen LogP contribution in [0.4, 0.5) is 28.7 Å². The first-order chi connectivity index (χ1) is 29.9. The summed E-state index contributed by atoms with van der Waals surface area (Å²) in [6.45, 7) is 1.39. The van der Waals surface area contributed by atoms with Crippen LogP contribution in [0.1, 0.15) is 28.3 Å². The Hall–Kier alpha value is -6.37. The monoisotopic (exact) mass is 976 g/mol. The van der Waals surface area contributed by atoms with Gasteiger partial charge in [-0.05, 0) is 72.1 Å². The molecule has 64 heavy (non-hydrogen) atoms. The van der Waals surface area contributed by atoms with Crippen molar-refractivity contribution >= 4 is 90.6 Å². The van der Waals surface area contributed by atoms with Gasteiger partial charge in [0.2, 0.25) is 5.95 Å². The molecule has 0 spiro atoms. The summed E-state index contributed by atoms with van der Waals surface area (Å²) in [4.78, 5) is 11.4. The van der Waals surface area contributed by atoms with Gasteiger partial charge in [0.25, 0.3) is 40.5 Å². The van der Waals surface area contributed by atoms with E-state index in [-0.39, 0.29) is 64.7 Å². The Bertz CT molecular complexity index is 3390. The van der Waals surface area contributed by atoms with E-state index in [4.69, 9.17) is 12.6 Å². The van der Waals surface area contributed by atoms with Crippen LogP contribution in [-0.2, 0) is 63.9 Å². The van der Waals surface area contributed by atoms with Gasteiger partial charge in [-0.1, -0.05) is 48.5 Å². The minimum absolute atomic E-state index is 0.0249. The zero-order chi connectivity index (χ0) is 47.0. The number of aromatic nitrogens is 3. The summed E-state index contributed by atoms with van der Waals surface area (Å²) >= 11 is 0. The van der Waals surface area contributed by atoms with Gasteiger partial charge in [0.15, 0.2) is 0 Å². The normalized spacial score (nSPS) is 12.3. The number of fused-ring (bicyclic) bond motifs is 1. The summed E-state index contributed by atoms with van der Waals surface area (Å²) < 4.78 is 160. The first-order valence-corrected chi connectivity index (χ1v) is 24.6. The molecule has 1 heterocycles. The third kappa shape index (κ3) is 14.1. The van der Waals surface area contributed by atoms with Gasteiger partial charge in [-0.25, -0.2) is 4.98 Å². The van der Waals surface area contributed by atoms with Gasteiger partial charge >= 0.3 is 10.6 Å². The molecule has 0 aliphatic heterocycles. The van der Waals surface area contributed by atoms with Crippen molar-refractivity contribution in [3.05, 3.63) is 125 Å². The molecule has 6 rings (SSSR count). The second-order valence-electron chi connectivity index (χ2n) is 13.1. The van der Waals surface area contributed by atoms with E-state index in [1.165, 1.54) is 30.3 Å². The van der Waals surface area contributed by atoms with Crippen LogP contribution in [0, 0.1) is 6.92 Å². The summed E-state index contributed by atoms with van der Waals surface area (Å²) in [7, 11) is -21.9. The number of hydrogen-bond acceptors (Lipinski definition) is 19. The maximum absolute atomic E-state index is 12.5. The van der Waals surface area contributed by atoms with Crippen LogP contribution < -0.4 is 5.32 Å². The summed E-state index contributed by atoms with van der Waals surface area (Å²) in [6, 6.07) is 23.3. The molecule has 5 aromatic carbocycles. The molecule has 0 amide bonds. The molecule has 0 atom stereocenters. The van der Waals surface area contributed by atoms with E-state index in [0.717, 1.165) is 18.2 Å². The molecule has 23 nitrogen and oxygen atoms in total. The van der Waals surface area contributed by atoms with Crippen molar-refractivity contribution in [1.29, 1.82) is 0 Å². The zero-order valence-corrected chi connectivity index (χ0v) is 36.6. The van der Waals surface area contributed by atoms with Crippen molar-refractivity contribution in [3.8, 4) is 0 Å². The van der Waals surface area contributed by atoms with Crippen LogP contribution in [-0.4, -0.2) is 91.8 Å². The number of nitrogens with zero attached hydrogens (tertiary/aromatic N) is 7. The highest BCUT2D eigenvalue weighted by Gasteiger charge is 2.22. The number of hydrogen-bond donors (Lipinski definition) is 5. The number of benzene rings is 5. The lowest BCUT2D eigenvalue weighted by Gasteiger charge is -2.11. The fourth-order valence-electron chi connectivity index (χ4n) is 5.81. The van der Waals surface area contributed by atoms with Gasteiger partial charge in [0.1, 0.15) is 21.4 Å². The molecule has 0 fully saturated rings. The van der Waals surface area contributed by atoms with Crippen molar-refractivity contribution < 1.29 is 64.5 Å². The van der Waals surface area contributed by atoms with Crippen LogP contribution in [0.3, 0.4) is 0 Å². The average Bonchev–Trinajstić information content (AvgIpc) is 3.18. The van der Waals surface area contributed by atoms with Crippen LogP contribution in [0.5, 0.6) is 0 Å². The summed E-state index contributed by atoms with van der Waals surface area (Å²) in [6.07, 6.45) is -0.197. The van der Waals surface area contributed by atoms with Crippen molar-refractivity contribution in [2.24, 2.45) is 20.5 Å². The van der Waals surface area contributed by atoms with E-state index in [0.29, 0.717) is 22.5 Å². The largest absolute Gasteiger partial charge is 0.425 e. The van der Waals surface area contributed by atoms with E-state index < -0.39 is 71.5 Å². The number of azo groups is 2. The van der Waals surface area contributed by atoms with Gasteiger partial charge in [-0.2, -0.15) is 64.1 Å². The van der Waals surface area contributed by atoms with Gasteiger partial charge in [0.05, 0.1) is 33.4 Å². The Balaban J connectivity index is 0.00000185. The maximum Gasteiger partial charge on any atom is 0.425 e. The quantitative estimate of drug-likeness (QED) is 0.0636. The Kier molecular flexibility index (Phi) is 15.2. The van der Waals surface area contributed by atoms with Gasteiger partial charge in [0, 0.05) is 30.2 Å². The summed E-state index contributed by atoms with van der Waals surface area (Å²) in [5.74, 6) is -0.604. The number of anilines is 1. The molecule has 0 unspecified atom stereocenters. The molecular formula is C36H32N8O15S5. The van der Waals surface area contributed by atoms with Crippen molar-refractivity contribution in [3.63, 3.8) is 0 Å². The number of aryl methyl sites for hydroxylation is 1. The van der Waals surface area contributed by atoms with Gasteiger partial charge in [-0.3, -0.25) is 18.2 Å². The minimum atomic E-state index is -4.88. The van der Waals surface area contributed by atoms with Gasteiger partial charge < -0.3 is 5.32 Å². The highest BCUT2D eigenvalue weighted by molar-refractivity contribution is 7.86. The Morgan fingerprint density at radius 2 is 1.16 bits per heavy atom. The smallest absolute Gasteiger partial charge is 0.353 e. The second-order valence-corrected chi connectivity index (χ2v) is 19.3. The van der Waals surface area contributed by atoms with Crippen LogP contribution in [0.2, 0.25) is 0 Å². The zero-order valence-electron chi connectivity index (χ0n) is 32.5. The van der Waals surface area contributed by atoms with Crippen LogP contribution in [0.25, 0.3) is 10.8 Å². The van der Waals surface area contributed by atoms with E-state index >= 15 is 0 Å². The molecule has 336 valence electrons. The first-order valence-electron chi connectivity index (χ1n) is 17.7. The topological polar surface area (TPSA) is 369 Å². The van der Waals surface area contributed by atoms with E-state index in [1.54, 1.807) is 55.5 Å². The lowest BCUT2D eigenvalue weighted by molar-refractivity contribution is 0.480. The molecular weight excluding hydrogens is 945 g/mol. The molecule has 1 aromatic heterocycles. The van der Waals surface area contributed by atoms with E-state index in [1.807, 2.05) is 0 Å². The minimum Gasteiger partial charge on any atom is -0.353 e. The number of nitrogens with one attached hydrogen (secondary N) is 1. The van der Waals surface area contributed by atoms with Crippen molar-refractivity contribution in [1.82, 2.24) is 15.0 Å².